The zero-order valence-corrected chi connectivity index (χ0v) is 26.0. The summed E-state index contributed by atoms with van der Waals surface area (Å²) in [6, 6.07) is 23.8. The van der Waals surface area contributed by atoms with Crippen LogP contribution in [0.4, 0.5) is 0 Å². The summed E-state index contributed by atoms with van der Waals surface area (Å²) in [4.78, 5) is 27.7. The average Bonchev–Trinajstić information content (AvgIpc) is 3.80. The number of rotatable bonds is 6. The van der Waals surface area contributed by atoms with Crippen molar-refractivity contribution < 1.29 is 14.3 Å². The number of benzene rings is 3. The van der Waals surface area contributed by atoms with E-state index in [2.05, 4.69) is 35.1 Å². The minimum absolute atomic E-state index is 0.118. The predicted octanol–water partition coefficient (Wildman–Crippen LogP) is 6.75. The lowest BCUT2D eigenvalue weighted by atomic mass is 10.1. The van der Waals surface area contributed by atoms with E-state index >= 15 is 0 Å². The van der Waals surface area contributed by atoms with Crippen LogP contribution in [0.25, 0.3) is 23.1 Å². The molecule has 7 heteroatoms. The first kappa shape index (κ1) is 31.7. The Morgan fingerprint density at radius 1 is 0.907 bits per heavy atom. The lowest BCUT2D eigenvalue weighted by Gasteiger charge is -2.32. The summed E-state index contributed by atoms with van der Waals surface area (Å²) in [5, 5.41) is 8.48. The molecule has 226 valence electrons. The number of H-pyrrole nitrogens is 1. The second kappa shape index (κ2) is 15.3. The van der Waals surface area contributed by atoms with Gasteiger partial charge in [0.05, 0.1) is 18.3 Å². The van der Waals surface area contributed by atoms with Gasteiger partial charge in [0.15, 0.2) is 0 Å². The molecule has 2 fully saturated rings. The molecule has 1 saturated heterocycles. The molecule has 1 aliphatic carbocycles. The van der Waals surface area contributed by atoms with Crippen LogP contribution in [0.5, 0.6) is 5.75 Å². The van der Waals surface area contributed by atoms with E-state index in [1.54, 1.807) is 7.11 Å². The van der Waals surface area contributed by atoms with Gasteiger partial charge in [-0.25, -0.2) is 0 Å². The Morgan fingerprint density at radius 3 is 2.14 bits per heavy atom. The fraction of sp³-hybridized carbons (Fsp3) is 0.361. The highest BCUT2D eigenvalue weighted by molar-refractivity contribution is 5.95. The number of ether oxygens (including phenoxy) is 1. The Hall–Kier alpha value is -4.23. The first-order chi connectivity index (χ1) is 20.7. The van der Waals surface area contributed by atoms with Crippen molar-refractivity contribution in [3.05, 3.63) is 95.2 Å². The van der Waals surface area contributed by atoms with Gasteiger partial charge < -0.3 is 14.5 Å². The Labute approximate surface area is 255 Å². The minimum Gasteiger partial charge on any atom is -0.497 e. The smallest absolute Gasteiger partial charge is 0.253 e. The van der Waals surface area contributed by atoms with Gasteiger partial charge in [0.2, 0.25) is 0 Å². The SMILES string of the molecule is CC(C)C(=O)C1CC1.CN1CCN(C(=O)c2ccc(/C=C/c3n[nH]c4ccccc34)cc2)CC1.COc1ccc(C)cc1. The standard InChI is InChI=1S/C21H22N4O.C8H10O.C7H12O/c1-24-12-14-25(15-13-24)21(26)17-9-6-16(7-10-17)8-11-20-18-4-2-3-5-19(18)22-23-20;1-7-3-5-8(9-2)6-4-7;1-5(2)7(8)6-3-4-6/h2-11H,12-15H2,1H3,(H,22,23);3-6H,1-2H3;5-6H,3-4H2,1-2H3/b11-8+;;. The van der Waals surface area contributed by atoms with E-state index in [1.807, 2.05) is 97.6 Å². The van der Waals surface area contributed by atoms with Crippen LogP contribution in [0.1, 0.15) is 53.9 Å². The molecule has 0 spiro atoms. The third-order valence-electron chi connectivity index (χ3n) is 7.69. The lowest BCUT2D eigenvalue weighted by Crippen LogP contribution is -2.47. The molecule has 43 heavy (non-hydrogen) atoms. The molecule has 0 bridgehead atoms. The summed E-state index contributed by atoms with van der Waals surface area (Å²) in [5.41, 5.74) is 5.00. The molecule has 1 amide bonds. The fourth-order valence-electron chi connectivity index (χ4n) is 4.73. The Balaban J connectivity index is 0.000000202. The van der Waals surface area contributed by atoms with Gasteiger partial charge >= 0.3 is 0 Å². The van der Waals surface area contributed by atoms with Crippen LogP contribution in [0.2, 0.25) is 0 Å². The first-order valence-electron chi connectivity index (χ1n) is 15.1. The van der Waals surface area contributed by atoms with Crippen LogP contribution < -0.4 is 4.74 Å². The zero-order valence-electron chi connectivity index (χ0n) is 26.0. The number of hydrogen-bond acceptors (Lipinski definition) is 5. The molecule has 2 aliphatic rings. The number of aryl methyl sites for hydroxylation is 1. The molecule has 0 unspecified atom stereocenters. The Bertz CT molecular complexity index is 1490. The summed E-state index contributed by atoms with van der Waals surface area (Å²) in [6.07, 6.45) is 6.32. The van der Waals surface area contributed by atoms with Gasteiger partial charge in [-0.05, 0) is 68.8 Å². The monoisotopic (exact) mass is 580 g/mol. The van der Waals surface area contributed by atoms with Crippen LogP contribution in [0.3, 0.4) is 0 Å². The summed E-state index contributed by atoms with van der Waals surface area (Å²) < 4.78 is 4.97. The van der Waals surface area contributed by atoms with Crippen molar-refractivity contribution in [3.63, 3.8) is 0 Å². The molecular weight excluding hydrogens is 536 g/mol. The highest BCUT2D eigenvalue weighted by Crippen LogP contribution is 2.32. The zero-order chi connectivity index (χ0) is 30.8. The molecule has 1 saturated carbocycles. The van der Waals surface area contributed by atoms with E-state index in [-0.39, 0.29) is 11.8 Å². The quantitative estimate of drug-likeness (QED) is 0.273. The molecule has 1 aliphatic heterocycles. The maximum atomic E-state index is 12.6. The number of aromatic amines is 1. The van der Waals surface area contributed by atoms with E-state index in [9.17, 15) is 9.59 Å². The number of methoxy groups -OCH3 is 1. The van der Waals surface area contributed by atoms with Crippen LogP contribution in [-0.2, 0) is 4.79 Å². The first-order valence-corrected chi connectivity index (χ1v) is 15.1. The summed E-state index contributed by atoms with van der Waals surface area (Å²) in [5.74, 6) is 2.22. The van der Waals surface area contributed by atoms with Crippen LogP contribution >= 0.6 is 0 Å². The number of nitrogens with one attached hydrogen (secondary N) is 1. The largest absolute Gasteiger partial charge is 0.497 e. The predicted molar refractivity (Wildman–Crippen MR) is 175 cm³/mol. The maximum absolute atomic E-state index is 12.6. The van der Waals surface area contributed by atoms with Crippen LogP contribution in [0.15, 0.2) is 72.8 Å². The molecule has 1 N–H and O–H groups in total. The Kier molecular flexibility index (Phi) is 11.3. The number of carbonyl (C=O) groups excluding carboxylic acids is 2. The van der Waals surface area contributed by atoms with Gasteiger partial charge in [0.1, 0.15) is 11.5 Å². The third-order valence-corrected chi connectivity index (χ3v) is 7.69. The normalized spacial score (nSPS) is 15.1. The molecule has 2 heterocycles. The van der Waals surface area contributed by atoms with E-state index in [0.29, 0.717) is 11.7 Å². The van der Waals surface area contributed by atoms with Crippen molar-refractivity contribution in [2.45, 2.75) is 33.6 Å². The number of ketones is 1. The van der Waals surface area contributed by atoms with E-state index < -0.39 is 0 Å². The molecule has 7 nitrogen and oxygen atoms in total. The van der Waals surface area contributed by atoms with Crippen molar-refractivity contribution in [2.75, 3.05) is 40.3 Å². The van der Waals surface area contributed by atoms with Gasteiger partial charge in [-0.1, -0.05) is 68.0 Å². The number of para-hydroxylation sites is 1. The van der Waals surface area contributed by atoms with Crippen molar-refractivity contribution in [1.29, 1.82) is 0 Å². The van der Waals surface area contributed by atoms with Crippen molar-refractivity contribution in [2.24, 2.45) is 11.8 Å². The summed E-state index contributed by atoms with van der Waals surface area (Å²) >= 11 is 0. The van der Waals surface area contributed by atoms with Gasteiger partial charge in [0.25, 0.3) is 5.91 Å². The molecule has 4 aromatic rings. The van der Waals surface area contributed by atoms with Crippen molar-refractivity contribution >= 4 is 34.7 Å². The highest BCUT2D eigenvalue weighted by atomic mass is 16.5. The number of nitrogens with zero attached hydrogens (tertiary/aromatic N) is 3. The topological polar surface area (TPSA) is 78.5 Å². The number of aromatic nitrogens is 2. The Morgan fingerprint density at radius 2 is 1.56 bits per heavy atom. The highest BCUT2D eigenvalue weighted by Gasteiger charge is 2.30. The van der Waals surface area contributed by atoms with Gasteiger partial charge in [-0.3, -0.25) is 14.7 Å². The molecular formula is C36H44N4O3. The number of hydrogen-bond donors (Lipinski definition) is 1. The van der Waals surface area contributed by atoms with Crippen LogP contribution in [-0.4, -0.2) is 72.0 Å². The number of carbonyl (C=O) groups is 2. The fourth-order valence-corrected chi connectivity index (χ4v) is 4.73. The summed E-state index contributed by atoms with van der Waals surface area (Å²) in [6.45, 7) is 9.46. The number of fused-ring (bicyclic) bond motifs is 1. The minimum atomic E-state index is 0.118. The van der Waals surface area contributed by atoms with Crippen LogP contribution in [0, 0.1) is 18.8 Å². The maximum Gasteiger partial charge on any atom is 0.253 e. The molecule has 0 atom stereocenters. The average molecular weight is 581 g/mol. The second-order valence-electron chi connectivity index (χ2n) is 11.6. The lowest BCUT2D eigenvalue weighted by molar-refractivity contribution is -0.123. The summed E-state index contributed by atoms with van der Waals surface area (Å²) in [7, 11) is 3.76. The third kappa shape index (κ3) is 9.38. The van der Waals surface area contributed by atoms with Crippen molar-refractivity contribution in [1.82, 2.24) is 20.0 Å². The molecule has 0 radical (unpaired) electrons. The van der Waals surface area contributed by atoms with Gasteiger partial charge in [-0.15, -0.1) is 0 Å². The number of piperazine rings is 1. The second-order valence-corrected chi connectivity index (χ2v) is 11.6. The number of amides is 1. The van der Waals surface area contributed by atoms with Crippen molar-refractivity contribution in [3.8, 4) is 5.75 Å². The van der Waals surface area contributed by atoms with E-state index in [1.165, 1.54) is 5.56 Å². The number of likely N-dealkylation sites (N-methyl/N-ethyl adjacent to an activating group) is 1. The molecule has 1 aromatic heterocycles. The molecule has 6 rings (SSSR count). The number of Topliss-reactive ketones (excluding diaryl/α,β-unsaturated/α-hetero) is 1. The van der Waals surface area contributed by atoms with Gasteiger partial charge in [0, 0.05) is 49.0 Å². The van der Waals surface area contributed by atoms with E-state index in [0.717, 1.165) is 72.5 Å². The van der Waals surface area contributed by atoms with Gasteiger partial charge in [-0.2, -0.15) is 5.10 Å². The molecule has 3 aromatic carbocycles. The van der Waals surface area contributed by atoms with E-state index in [4.69, 9.17) is 4.74 Å².